The van der Waals surface area contributed by atoms with Crippen molar-refractivity contribution in [1.29, 1.82) is 0 Å². The molecule has 0 aliphatic carbocycles. The molecule has 0 atom stereocenters. The third-order valence-corrected chi connectivity index (χ3v) is 3.23. The molecule has 3 rings (SSSR count). The molecule has 1 aliphatic heterocycles. The van der Waals surface area contributed by atoms with Crippen molar-refractivity contribution in [3.63, 3.8) is 0 Å². The summed E-state index contributed by atoms with van der Waals surface area (Å²) >= 11 is 11.7. The normalized spacial score (nSPS) is 22.1. The molecule has 0 radical (unpaired) electrons. The fourth-order valence-corrected chi connectivity index (χ4v) is 2.28. The van der Waals surface area contributed by atoms with Crippen molar-refractivity contribution in [2.75, 3.05) is 0 Å². The van der Waals surface area contributed by atoms with Gasteiger partial charge in [0.15, 0.2) is 17.7 Å². The lowest BCUT2D eigenvalue weighted by Gasteiger charge is -2.33. The van der Waals surface area contributed by atoms with Crippen molar-refractivity contribution < 1.29 is 9.47 Å². The molecule has 0 bridgehead atoms. The molecule has 0 amide bonds. The van der Waals surface area contributed by atoms with E-state index >= 15 is 0 Å². The first-order chi connectivity index (χ1) is 9.13. The van der Waals surface area contributed by atoms with Gasteiger partial charge in [0.05, 0.1) is 6.20 Å². The summed E-state index contributed by atoms with van der Waals surface area (Å²) in [5.74, 6) is 0. The second kappa shape index (κ2) is 5.06. The largest absolute Gasteiger partial charge is 0.320 e. The smallest absolute Gasteiger partial charge is 0.189 e. The van der Waals surface area contributed by atoms with E-state index in [2.05, 4.69) is 9.97 Å². The van der Waals surface area contributed by atoms with Crippen molar-refractivity contribution in [1.82, 2.24) is 9.97 Å². The highest BCUT2D eigenvalue weighted by Gasteiger charge is 2.28. The molecule has 0 spiro atoms. The van der Waals surface area contributed by atoms with Gasteiger partial charge in [0.1, 0.15) is 10.8 Å². The highest BCUT2D eigenvalue weighted by Crippen LogP contribution is 2.33. The first-order valence-electron chi connectivity index (χ1n) is 5.73. The molecule has 2 heterocycles. The quantitative estimate of drug-likeness (QED) is 0.844. The number of nitrogens with zero attached hydrogens (tertiary/aromatic N) is 2. The average molecular weight is 297 g/mol. The van der Waals surface area contributed by atoms with Gasteiger partial charge in [-0.05, 0) is 6.92 Å². The Balaban J connectivity index is 1.86. The molecule has 1 aromatic heterocycles. The van der Waals surface area contributed by atoms with Gasteiger partial charge < -0.3 is 9.47 Å². The zero-order chi connectivity index (χ0) is 13.4. The summed E-state index contributed by atoms with van der Waals surface area (Å²) in [5.41, 5.74) is 2.42. The van der Waals surface area contributed by atoms with Crippen LogP contribution in [0.4, 0.5) is 0 Å². The van der Waals surface area contributed by atoms with E-state index in [1.807, 2.05) is 31.2 Å². The Hall–Kier alpha value is -1.20. The summed E-state index contributed by atoms with van der Waals surface area (Å²) in [7, 11) is 0. The number of aromatic nitrogens is 2. The summed E-state index contributed by atoms with van der Waals surface area (Å²) in [5, 5.41) is 0.556. The van der Waals surface area contributed by atoms with Crippen LogP contribution in [0.5, 0.6) is 0 Å². The highest BCUT2D eigenvalue weighted by atomic mass is 35.5. The van der Waals surface area contributed by atoms with Crippen LogP contribution in [0.15, 0.2) is 30.5 Å². The van der Waals surface area contributed by atoms with Crippen molar-refractivity contribution in [2.45, 2.75) is 19.5 Å². The Kier molecular flexibility index (Phi) is 3.41. The minimum absolute atomic E-state index is 0.138. The van der Waals surface area contributed by atoms with Gasteiger partial charge in [-0.15, -0.1) is 0 Å². The number of halogens is 2. The van der Waals surface area contributed by atoms with Gasteiger partial charge in [-0.3, -0.25) is 0 Å². The van der Waals surface area contributed by atoms with E-state index in [9.17, 15) is 0 Å². The molecular formula is C13H10Cl2N2O2. The molecule has 0 unspecified atom stereocenters. The third kappa shape index (κ3) is 2.58. The van der Waals surface area contributed by atoms with Gasteiger partial charge in [-0.25, -0.2) is 9.97 Å². The molecule has 1 aromatic carbocycles. The van der Waals surface area contributed by atoms with Crippen LogP contribution < -0.4 is 0 Å². The zero-order valence-corrected chi connectivity index (χ0v) is 11.5. The molecule has 0 saturated carbocycles. The minimum atomic E-state index is -0.282. The second-order valence-corrected chi connectivity index (χ2v) is 4.87. The van der Waals surface area contributed by atoms with Gasteiger partial charge in [-0.1, -0.05) is 47.5 Å². The van der Waals surface area contributed by atoms with Crippen LogP contribution in [-0.2, 0) is 9.47 Å². The topological polar surface area (TPSA) is 44.2 Å². The first kappa shape index (κ1) is 12.8. The maximum atomic E-state index is 6.02. The molecule has 1 saturated heterocycles. The predicted molar refractivity (Wildman–Crippen MR) is 71.9 cm³/mol. The Morgan fingerprint density at radius 3 is 2.37 bits per heavy atom. The Morgan fingerprint density at radius 1 is 1.11 bits per heavy atom. The van der Waals surface area contributed by atoms with Crippen LogP contribution in [0.25, 0.3) is 11.3 Å². The van der Waals surface area contributed by atoms with Crippen molar-refractivity contribution in [3.05, 3.63) is 46.3 Å². The molecule has 0 N–H and O–H groups in total. The molecule has 4 nitrogen and oxygen atoms in total. The van der Waals surface area contributed by atoms with Crippen LogP contribution in [-0.4, -0.2) is 16.3 Å². The van der Waals surface area contributed by atoms with Crippen LogP contribution >= 0.6 is 23.2 Å². The third-order valence-electron chi connectivity index (χ3n) is 2.79. The lowest BCUT2D eigenvalue weighted by atomic mass is 10.1. The Bertz CT molecular complexity index is 598. The lowest BCUT2D eigenvalue weighted by molar-refractivity contribution is -0.382. The Labute approximate surface area is 120 Å². The van der Waals surface area contributed by atoms with E-state index in [0.717, 1.165) is 11.1 Å². The van der Waals surface area contributed by atoms with Gasteiger partial charge >= 0.3 is 0 Å². The van der Waals surface area contributed by atoms with E-state index in [4.69, 9.17) is 32.7 Å². The van der Waals surface area contributed by atoms with Crippen LogP contribution in [0, 0.1) is 0 Å². The van der Waals surface area contributed by atoms with Crippen molar-refractivity contribution in [3.8, 4) is 11.3 Å². The molecule has 6 heteroatoms. The molecule has 1 aliphatic rings. The van der Waals surface area contributed by atoms with E-state index in [1.54, 1.807) is 0 Å². The summed E-state index contributed by atoms with van der Waals surface area (Å²) in [4.78, 5) is 8.14. The monoisotopic (exact) mass is 296 g/mol. The van der Waals surface area contributed by atoms with Gasteiger partial charge in [-0.2, -0.15) is 0 Å². The van der Waals surface area contributed by atoms with Crippen LogP contribution in [0.3, 0.4) is 0 Å². The summed E-state index contributed by atoms with van der Waals surface area (Å²) < 4.78 is 10.8. The highest BCUT2D eigenvalue weighted by molar-refractivity contribution is 6.33. The van der Waals surface area contributed by atoms with E-state index in [1.165, 1.54) is 6.20 Å². The standard InChI is InChI=1S/C13H10Cl2N2O2/c1-7-18-13(19-7)9-4-2-8(3-5-9)11-12(15)17-10(14)6-16-11/h2-7,13H,1H3. The molecular weight excluding hydrogens is 287 g/mol. The van der Waals surface area contributed by atoms with Gasteiger partial charge in [0.25, 0.3) is 0 Å². The average Bonchev–Trinajstić information content (AvgIpc) is 2.36. The van der Waals surface area contributed by atoms with Gasteiger partial charge in [0.2, 0.25) is 0 Å². The molecule has 98 valence electrons. The van der Waals surface area contributed by atoms with Crippen molar-refractivity contribution >= 4 is 23.2 Å². The number of hydrogen-bond donors (Lipinski definition) is 0. The fourth-order valence-electron chi connectivity index (χ4n) is 1.85. The van der Waals surface area contributed by atoms with E-state index in [-0.39, 0.29) is 22.9 Å². The SMILES string of the molecule is CC1OC(c2ccc(-c3ncc(Cl)nc3Cl)cc2)O1. The summed E-state index contributed by atoms with van der Waals surface area (Å²) in [6.07, 6.45) is 1.05. The lowest BCUT2D eigenvalue weighted by Crippen LogP contribution is -2.31. The molecule has 1 fully saturated rings. The predicted octanol–water partition coefficient (Wildman–Crippen LogP) is 3.84. The first-order valence-corrected chi connectivity index (χ1v) is 6.48. The van der Waals surface area contributed by atoms with Crippen molar-refractivity contribution in [2.24, 2.45) is 0 Å². The van der Waals surface area contributed by atoms with Crippen LogP contribution in [0.2, 0.25) is 10.3 Å². The summed E-state index contributed by atoms with van der Waals surface area (Å²) in [6, 6.07) is 7.63. The number of ether oxygens (including phenoxy) is 2. The van der Waals surface area contributed by atoms with Crippen LogP contribution in [0.1, 0.15) is 18.8 Å². The Morgan fingerprint density at radius 2 is 1.79 bits per heavy atom. The maximum Gasteiger partial charge on any atom is 0.189 e. The van der Waals surface area contributed by atoms with E-state index < -0.39 is 0 Å². The number of benzene rings is 1. The molecule has 19 heavy (non-hydrogen) atoms. The number of rotatable bonds is 2. The van der Waals surface area contributed by atoms with E-state index in [0.29, 0.717) is 5.69 Å². The minimum Gasteiger partial charge on any atom is -0.320 e. The maximum absolute atomic E-state index is 6.02. The molecule has 2 aromatic rings. The van der Waals surface area contributed by atoms with Gasteiger partial charge in [0, 0.05) is 11.1 Å². The zero-order valence-electron chi connectivity index (χ0n) is 10.0. The second-order valence-electron chi connectivity index (χ2n) is 4.13. The number of hydrogen-bond acceptors (Lipinski definition) is 4. The fraction of sp³-hybridized carbons (Fsp3) is 0.231. The summed E-state index contributed by atoms with van der Waals surface area (Å²) in [6.45, 7) is 1.86.